The van der Waals surface area contributed by atoms with Gasteiger partial charge in [0.05, 0.1) is 23.3 Å². The first kappa shape index (κ1) is 9.45. The molecule has 0 spiro atoms. The summed E-state index contributed by atoms with van der Waals surface area (Å²) in [7, 11) is 0. The van der Waals surface area contributed by atoms with Gasteiger partial charge in [0, 0.05) is 21.8 Å². The summed E-state index contributed by atoms with van der Waals surface area (Å²) >= 11 is 0. The smallest absolute Gasteiger partial charge is 0.0991 e. The van der Waals surface area contributed by atoms with Gasteiger partial charge in [0.25, 0.3) is 0 Å². The zero-order chi connectivity index (χ0) is 11.8. The number of nitrogens with one attached hydrogen (secondary N) is 1. The van der Waals surface area contributed by atoms with E-state index in [0.29, 0.717) is 11.1 Å². The highest BCUT2D eigenvalue weighted by atomic mass is 14.7. The van der Waals surface area contributed by atoms with Crippen molar-refractivity contribution in [2.75, 3.05) is 0 Å². The minimum absolute atomic E-state index is 0.626. The topological polar surface area (TPSA) is 63.4 Å². The predicted molar refractivity (Wildman–Crippen MR) is 65.2 cm³/mol. The van der Waals surface area contributed by atoms with Crippen molar-refractivity contribution in [3.05, 3.63) is 47.5 Å². The Morgan fingerprint density at radius 3 is 1.65 bits per heavy atom. The van der Waals surface area contributed by atoms with Gasteiger partial charge in [-0.05, 0) is 36.4 Å². The first-order valence-electron chi connectivity index (χ1n) is 5.17. The van der Waals surface area contributed by atoms with Crippen LogP contribution in [0.5, 0.6) is 0 Å². The lowest BCUT2D eigenvalue weighted by Crippen LogP contribution is -1.74. The summed E-state index contributed by atoms with van der Waals surface area (Å²) in [6, 6.07) is 15.3. The molecule has 0 atom stereocenters. The Hall–Kier alpha value is -2.78. The molecule has 17 heavy (non-hydrogen) atoms. The number of H-pyrrole nitrogens is 1. The van der Waals surface area contributed by atoms with Gasteiger partial charge in [-0.3, -0.25) is 0 Å². The van der Waals surface area contributed by atoms with Gasteiger partial charge in [-0.15, -0.1) is 0 Å². The molecule has 0 radical (unpaired) electrons. The summed E-state index contributed by atoms with van der Waals surface area (Å²) in [4.78, 5) is 3.26. The molecule has 0 aliphatic heterocycles. The predicted octanol–water partition coefficient (Wildman–Crippen LogP) is 3.06. The Bertz CT molecular complexity index is 745. The summed E-state index contributed by atoms with van der Waals surface area (Å²) < 4.78 is 0. The second kappa shape index (κ2) is 3.37. The van der Waals surface area contributed by atoms with Crippen LogP contribution in [0.25, 0.3) is 21.8 Å². The van der Waals surface area contributed by atoms with Crippen LogP contribution in [0.3, 0.4) is 0 Å². The van der Waals surface area contributed by atoms with E-state index in [1.807, 2.05) is 24.3 Å². The fourth-order valence-corrected chi connectivity index (χ4v) is 2.04. The van der Waals surface area contributed by atoms with Gasteiger partial charge in [0.15, 0.2) is 0 Å². The molecule has 3 heteroatoms. The Morgan fingerprint density at radius 2 is 1.24 bits per heavy atom. The maximum atomic E-state index is 8.89. The molecule has 2 aromatic carbocycles. The Labute approximate surface area is 97.5 Å². The van der Waals surface area contributed by atoms with Crippen LogP contribution in [0, 0.1) is 22.7 Å². The van der Waals surface area contributed by atoms with Crippen molar-refractivity contribution in [2.24, 2.45) is 0 Å². The first-order chi connectivity index (χ1) is 8.31. The molecular weight excluding hydrogens is 210 g/mol. The average molecular weight is 217 g/mol. The van der Waals surface area contributed by atoms with Gasteiger partial charge >= 0.3 is 0 Å². The number of fused-ring (bicyclic) bond motifs is 3. The highest BCUT2D eigenvalue weighted by Crippen LogP contribution is 2.26. The van der Waals surface area contributed by atoms with Crippen molar-refractivity contribution in [3.63, 3.8) is 0 Å². The van der Waals surface area contributed by atoms with Crippen LogP contribution in [0.4, 0.5) is 0 Å². The van der Waals surface area contributed by atoms with Crippen LogP contribution in [-0.2, 0) is 0 Å². The fourth-order valence-electron chi connectivity index (χ4n) is 2.04. The number of aromatic nitrogens is 1. The number of aromatic amines is 1. The maximum Gasteiger partial charge on any atom is 0.0991 e. The molecule has 0 fully saturated rings. The van der Waals surface area contributed by atoms with E-state index < -0.39 is 0 Å². The largest absolute Gasteiger partial charge is 0.355 e. The lowest BCUT2D eigenvalue weighted by molar-refractivity contribution is 1.48. The second-order valence-corrected chi connectivity index (χ2v) is 3.87. The third-order valence-corrected chi connectivity index (χ3v) is 2.86. The Kier molecular flexibility index (Phi) is 1.87. The second-order valence-electron chi connectivity index (χ2n) is 3.87. The van der Waals surface area contributed by atoms with Crippen molar-refractivity contribution in [3.8, 4) is 12.1 Å². The third kappa shape index (κ3) is 1.34. The number of rotatable bonds is 0. The molecule has 0 unspecified atom stereocenters. The van der Waals surface area contributed by atoms with Crippen LogP contribution < -0.4 is 0 Å². The van der Waals surface area contributed by atoms with Crippen molar-refractivity contribution >= 4 is 21.8 Å². The average Bonchev–Trinajstić information content (AvgIpc) is 2.75. The van der Waals surface area contributed by atoms with E-state index in [1.165, 1.54) is 0 Å². The van der Waals surface area contributed by atoms with Crippen molar-refractivity contribution in [1.29, 1.82) is 10.5 Å². The van der Waals surface area contributed by atoms with Gasteiger partial charge in [-0.1, -0.05) is 0 Å². The summed E-state index contributed by atoms with van der Waals surface area (Å²) in [5.74, 6) is 0. The van der Waals surface area contributed by atoms with Gasteiger partial charge in [0.2, 0.25) is 0 Å². The standard InChI is InChI=1S/C14H7N3/c15-7-9-1-3-13-11(5-9)12-6-10(8-16)2-4-14(12)17-13/h1-6,17H. The molecule has 0 bridgehead atoms. The lowest BCUT2D eigenvalue weighted by Gasteiger charge is -1.92. The SMILES string of the molecule is N#Cc1ccc2[nH]c3ccc(C#N)cc3c2c1. The van der Waals surface area contributed by atoms with Gasteiger partial charge < -0.3 is 4.98 Å². The Morgan fingerprint density at radius 1 is 0.765 bits per heavy atom. The summed E-state index contributed by atoms with van der Waals surface area (Å²) in [5.41, 5.74) is 3.21. The minimum Gasteiger partial charge on any atom is -0.355 e. The first-order valence-corrected chi connectivity index (χ1v) is 5.17. The molecule has 0 saturated carbocycles. The van der Waals surface area contributed by atoms with E-state index in [0.717, 1.165) is 21.8 Å². The number of nitriles is 2. The molecule has 3 nitrogen and oxygen atoms in total. The lowest BCUT2D eigenvalue weighted by atomic mass is 10.1. The monoisotopic (exact) mass is 217 g/mol. The molecule has 1 heterocycles. The number of nitrogens with zero attached hydrogens (tertiary/aromatic N) is 2. The quantitative estimate of drug-likeness (QED) is 0.629. The van der Waals surface area contributed by atoms with Crippen molar-refractivity contribution in [1.82, 2.24) is 4.98 Å². The van der Waals surface area contributed by atoms with Crippen LogP contribution in [0.2, 0.25) is 0 Å². The van der Waals surface area contributed by atoms with Gasteiger partial charge in [0.1, 0.15) is 0 Å². The maximum absolute atomic E-state index is 8.89. The zero-order valence-corrected chi connectivity index (χ0v) is 8.86. The minimum atomic E-state index is 0.626. The van der Waals surface area contributed by atoms with E-state index in [-0.39, 0.29) is 0 Å². The van der Waals surface area contributed by atoms with Crippen LogP contribution >= 0.6 is 0 Å². The highest BCUT2D eigenvalue weighted by molar-refractivity contribution is 6.07. The van der Waals surface area contributed by atoms with Crippen molar-refractivity contribution in [2.45, 2.75) is 0 Å². The summed E-state index contributed by atoms with van der Waals surface area (Å²) in [6.07, 6.45) is 0. The fraction of sp³-hybridized carbons (Fsp3) is 0. The molecule has 1 aromatic heterocycles. The van der Waals surface area contributed by atoms with Gasteiger partial charge in [-0.25, -0.2) is 0 Å². The summed E-state index contributed by atoms with van der Waals surface area (Å²) in [5, 5.41) is 19.8. The van der Waals surface area contributed by atoms with Crippen LogP contribution in [0.15, 0.2) is 36.4 Å². The third-order valence-electron chi connectivity index (χ3n) is 2.86. The van der Waals surface area contributed by atoms with Crippen molar-refractivity contribution < 1.29 is 0 Å². The van der Waals surface area contributed by atoms with E-state index in [2.05, 4.69) is 17.1 Å². The summed E-state index contributed by atoms with van der Waals surface area (Å²) in [6.45, 7) is 0. The van der Waals surface area contributed by atoms with Crippen LogP contribution in [-0.4, -0.2) is 4.98 Å². The number of benzene rings is 2. The normalized spacial score (nSPS) is 10.2. The van der Waals surface area contributed by atoms with E-state index >= 15 is 0 Å². The number of hydrogen-bond acceptors (Lipinski definition) is 2. The molecule has 0 saturated heterocycles. The van der Waals surface area contributed by atoms with E-state index in [1.54, 1.807) is 12.1 Å². The molecule has 0 aliphatic rings. The molecule has 0 aliphatic carbocycles. The molecular formula is C14H7N3. The van der Waals surface area contributed by atoms with E-state index in [9.17, 15) is 0 Å². The molecule has 78 valence electrons. The molecule has 3 rings (SSSR count). The van der Waals surface area contributed by atoms with Crippen LogP contribution in [0.1, 0.15) is 11.1 Å². The van der Waals surface area contributed by atoms with Gasteiger partial charge in [-0.2, -0.15) is 10.5 Å². The zero-order valence-electron chi connectivity index (χ0n) is 8.86. The molecule has 3 aromatic rings. The van der Waals surface area contributed by atoms with E-state index in [4.69, 9.17) is 10.5 Å². The molecule has 0 amide bonds. The highest BCUT2D eigenvalue weighted by Gasteiger charge is 2.05. The number of hydrogen-bond donors (Lipinski definition) is 1. The molecule has 1 N–H and O–H groups in total. The Balaban J connectivity index is 2.47.